The molecule has 0 saturated carbocycles. The van der Waals surface area contributed by atoms with Gasteiger partial charge in [-0.3, -0.25) is 4.79 Å². The van der Waals surface area contributed by atoms with Crippen molar-refractivity contribution in [2.75, 3.05) is 6.26 Å². The lowest BCUT2D eigenvalue weighted by Gasteiger charge is -2.09. The van der Waals surface area contributed by atoms with Gasteiger partial charge in [0.15, 0.2) is 5.76 Å². The molecule has 136 valence electrons. The van der Waals surface area contributed by atoms with Crippen LogP contribution in [0, 0.1) is 6.92 Å². The summed E-state index contributed by atoms with van der Waals surface area (Å²) in [6.45, 7) is 3.21. The van der Waals surface area contributed by atoms with Crippen LogP contribution in [0.1, 0.15) is 49.7 Å². The zero-order chi connectivity index (χ0) is 18.8. The smallest absolute Gasteiger partial charge is 0.347 e. The normalized spacial score (nSPS) is 12.8. The number of furan rings is 1. The number of thiazole rings is 1. The molecule has 2 heterocycles. The van der Waals surface area contributed by atoms with Crippen LogP contribution in [-0.2, 0) is 16.6 Å². The van der Waals surface area contributed by atoms with Gasteiger partial charge in [0, 0.05) is 0 Å². The first kappa shape index (κ1) is 19.1. The molecule has 0 saturated heterocycles. The Morgan fingerprint density at radius 1 is 1.40 bits per heavy atom. The van der Waals surface area contributed by atoms with E-state index in [1.165, 1.54) is 12.1 Å². The molecule has 0 fully saturated rings. The van der Waals surface area contributed by atoms with Gasteiger partial charge in [0.25, 0.3) is 5.91 Å². The van der Waals surface area contributed by atoms with Crippen LogP contribution < -0.4 is 10.0 Å². The number of carboxylic acids is 1. The third-order valence-corrected chi connectivity index (χ3v) is 5.12. The number of aromatic nitrogens is 1. The lowest BCUT2D eigenvalue weighted by Crippen LogP contribution is -2.26. The molecule has 11 heteroatoms. The highest BCUT2D eigenvalue weighted by Crippen LogP contribution is 2.24. The molecular formula is C14H17N3O6S2. The van der Waals surface area contributed by atoms with E-state index in [1.54, 1.807) is 13.8 Å². The van der Waals surface area contributed by atoms with Gasteiger partial charge >= 0.3 is 5.97 Å². The Bertz CT molecular complexity index is 900. The summed E-state index contributed by atoms with van der Waals surface area (Å²) in [6, 6.07) is 2.41. The van der Waals surface area contributed by atoms with Gasteiger partial charge < -0.3 is 14.8 Å². The number of aryl methyl sites for hydroxylation is 1. The van der Waals surface area contributed by atoms with E-state index >= 15 is 0 Å². The second-order valence-electron chi connectivity index (χ2n) is 5.33. The van der Waals surface area contributed by atoms with Crippen molar-refractivity contribution in [1.82, 2.24) is 15.0 Å². The summed E-state index contributed by atoms with van der Waals surface area (Å²) in [4.78, 5) is 27.5. The van der Waals surface area contributed by atoms with E-state index in [0.717, 1.165) is 17.6 Å². The number of aromatic carboxylic acids is 1. The predicted octanol–water partition coefficient (Wildman–Crippen LogP) is 1.28. The Hall–Kier alpha value is -2.24. The highest BCUT2D eigenvalue weighted by molar-refractivity contribution is 7.88. The highest BCUT2D eigenvalue weighted by Gasteiger charge is 2.21. The topological polar surface area (TPSA) is 139 Å². The molecule has 0 aliphatic heterocycles. The SMILES string of the molecule is Cc1nc(C(C)NC(=O)c2ccc(CNS(C)(=O)=O)o2)sc1C(=O)O. The van der Waals surface area contributed by atoms with Crippen molar-refractivity contribution < 1.29 is 27.5 Å². The number of nitrogens with one attached hydrogen (secondary N) is 2. The number of hydrogen-bond acceptors (Lipinski definition) is 7. The lowest BCUT2D eigenvalue weighted by molar-refractivity contribution is 0.0700. The average molecular weight is 387 g/mol. The fourth-order valence-corrected chi connectivity index (χ4v) is 3.24. The maximum Gasteiger partial charge on any atom is 0.347 e. The largest absolute Gasteiger partial charge is 0.477 e. The second kappa shape index (κ2) is 7.33. The van der Waals surface area contributed by atoms with Crippen molar-refractivity contribution in [2.45, 2.75) is 26.4 Å². The number of carboxylic acid groups (broad SMARTS) is 1. The van der Waals surface area contributed by atoms with Crippen molar-refractivity contribution in [3.63, 3.8) is 0 Å². The quantitative estimate of drug-likeness (QED) is 0.650. The van der Waals surface area contributed by atoms with Crippen molar-refractivity contribution in [2.24, 2.45) is 0 Å². The first-order valence-electron chi connectivity index (χ1n) is 7.11. The third kappa shape index (κ3) is 5.11. The second-order valence-corrected chi connectivity index (χ2v) is 8.19. The molecule has 0 radical (unpaired) electrons. The number of hydrogen-bond donors (Lipinski definition) is 3. The Morgan fingerprint density at radius 2 is 2.08 bits per heavy atom. The molecule has 0 aromatic carbocycles. The van der Waals surface area contributed by atoms with E-state index in [2.05, 4.69) is 15.0 Å². The van der Waals surface area contributed by atoms with Gasteiger partial charge in [0.05, 0.1) is 24.5 Å². The van der Waals surface area contributed by atoms with Gasteiger partial charge in [-0.05, 0) is 26.0 Å². The summed E-state index contributed by atoms with van der Waals surface area (Å²) in [5, 5.41) is 12.2. The summed E-state index contributed by atoms with van der Waals surface area (Å²) < 4.78 is 29.6. The van der Waals surface area contributed by atoms with E-state index in [4.69, 9.17) is 9.52 Å². The minimum atomic E-state index is -3.36. The van der Waals surface area contributed by atoms with Gasteiger partial charge in [-0.1, -0.05) is 0 Å². The van der Waals surface area contributed by atoms with Gasteiger partial charge in [-0.2, -0.15) is 0 Å². The van der Waals surface area contributed by atoms with E-state index in [0.29, 0.717) is 16.5 Å². The maximum absolute atomic E-state index is 12.2. The molecule has 9 nitrogen and oxygen atoms in total. The molecule has 0 aliphatic carbocycles. The van der Waals surface area contributed by atoms with Crippen molar-refractivity contribution >= 4 is 33.2 Å². The first-order valence-corrected chi connectivity index (χ1v) is 9.82. The van der Waals surface area contributed by atoms with Gasteiger partial charge in [0.1, 0.15) is 15.6 Å². The Morgan fingerprint density at radius 3 is 2.64 bits per heavy atom. The molecule has 1 unspecified atom stereocenters. The fourth-order valence-electron chi connectivity index (χ4n) is 1.93. The number of rotatable bonds is 7. The zero-order valence-corrected chi connectivity index (χ0v) is 15.3. The van der Waals surface area contributed by atoms with Crippen LogP contribution >= 0.6 is 11.3 Å². The van der Waals surface area contributed by atoms with Crippen LogP contribution in [0.25, 0.3) is 0 Å². The number of sulfonamides is 1. The number of amides is 1. The molecule has 0 spiro atoms. The van der Waals surface area contributed by atoms with Crippen LogP contribution in [0.4, 0.5) is 0 Å². The molecule has 2 rings (SSSR count). The maximum atomic E-state index is 12.2. The minimum absolute atomic E-state index is 0.0175. The standard InChI is InChI=1S/C14H17N3O6S2/c1-7-11(14(19)20)24-13(17-7)8(2)16-12(18)10-5-4-9(23-10)6-15-25(3,21)22/h4-5,8,15H,6H2,1-3H3,(H,16,18)(H,19,20). The number of carbonyl (C=O) groups is 2. The van der Waals surface area contributed by atoms with Gasteiger partial charge in [-0.15, -0.1) is 11.3 Å². The zero-order valence-electron chi connectivity index (χ0n) is 13.7. The van der Waals surface area contributed by atoms with Gasteiger partial charge in [0.2, 0.25) is 10.0 Å². The monoisotopic (exact) mass is 387 g/mol. The fraction of sp³-hybridized carbons (Fsp3) is 0.357. The van der Waals surface area contributed by atoms with Crippen molar-refractivity contribution in [3.05, 3.63) is 39.2 Å². The Balaban J connectivity index is 2.03. The summed E-state index contributed by atoms with van der Waals surface area (Å²) in [5.74, 6) is -1.26. The third-order valence-electron chi connectivity index (χ3n) is 3.12. The highest BCUT2D eigenvalue weighted by atomic mass is 32.2. The molecule has 2 aromatic heterocycles. The lowest BCUT2D eigenvalue weighted by atomic mass is 10.3. The van der Waals surface area contributed by atoms with E-state index in [1.807, 2.05) is 0 Å². The minimum Gasteiger partial charge on any atom is -0.477 e. The van der Waals surface area contributed by atoms with E-state index in [-0.39, 0.29) is 17.2 Å². The Kier molecular flexibility index (Phi) is 5.60. The number of carbonyl (C=O) groups excluding carboxylic acids is 1. The summed E-state index contributed by atoms with van der Waals surface area (Å²) in [7, 11) is -3.36. The molecule has 1 atom stereocenters. The summed E-state index contributed by atoms with van der Waals surface area (Å²) in [5.41, 5.74) is 0.390. The van der Waals surface area contributed by atoms with Crippen molar-refractivity contribution in [1.29, 1.82) is 0 Å². The summed E-state index contributed by atoms with van der Waals surface area (Å²) >= 11 is 0.996. The average Bonchev–Trinajstić information content (AvgIpc) is 3.10. The van der Waals surface area contributed by atoms with Crippen LogP contribution in [0.2, 0.25) is 0 Å². The van der Waals surface area contributed by atoms with E-state index in [9.17, 15) is 18.0 Å². The van der Waals surface area contributed by atoms with Crippen LogP contribution in [0.15, 0.2) is 16.5 Å². The van der Waals surface area contributed by atoms with Crippen molar-refractivity contribution in [3.8, 4) is 0 Å². The molecule has 2 aromatic rings. The van der Waals surface area contributed by atoms with E-state index < -0.39 is 27.9 Å². The first-order chi connectivity index (χ1) is 11.6. The van der Waals surface area contributed by atoms with Crippen LogP contribution in [0.3, 0.4) is 0 Å². The van der Waals surface area contributed by atoms with Crippen LogP contribution in [0.5, 0.6) is 0 Å². The summed E-state index contributed by atoms with van der Waals surface area (Å²) in [6.07, 6.45) is 1.02. The molecule has 25 heavy (non-hydrogen) atoms. The number of nitrogens with zero attached hydrogens (tertiary/aromatic N) is 1. The molecule has 0 aliphatic rings. The predicted molar refractivity (Wildman–Crippen MR) is 90.1 cm³/mol. The molecule has 1 amide bonds. The molecule has 0 bridgehead atoms. The van der Waals surface area contributed by atoms with Gasteiger partial charge in [-0.25, -0.2) is 22.9 Å². The Labute approximate surface area is 148 Å². The molecule has 3 N–H and O–H groups in total. The van der Waals surface area contributed by atoms with Crippen LogP contribution in [-0.4, -0.2) is 36.6 Å². The molecular weight excluding hydrogens is 370 g/mol.